The van der Waals surface area contributed by atoms with Gasteiger partial charge in [-0.25, -0.2) is 0 Å². The molecule has 0 aromatic heterocycles. The smallest absolute Gasteiger partial charge is 0.220 e. The molecule has 17 nitrogen and oxygen atoms in total. The van der Waals surface area contributed by atoms with Gasteiger partial charge in [0, 0.05) is 25.5 Å². The van der Waals surface area contributed by atoms with Crippen LogP contribution in [0.15, 0.2) is 72.9 Å². The molecule has 3 fully saturated rings. The van der Waals surface area contributed by atoms with Crippen LogP contribution >= 0.6 is 0 Å². The van der Waals surface area contributed by atoms with Crippen LogP contribution in [0.25, 0.3) is 0 Å². The van der Waals surface area contributed by atoms with Crippen molar-refractivity contribution in [2.24, 2.45) is 5.92 Å². The zero-order chi connectivity index (χ0) is 43.9. The van der Waals surface area contributed by atoms with Crippen molar-refractivity contribution in [3.8, 4) is 0 Å². The molecule has 3 rings (SSSR count). The van der Waals surface area contributed by atoms with Gasteiger partial charge < -0.3 is 80.1 Å². The van der Waals surface area contributed by atoms with Gasteiger partial charge in [-0.05, 0) is 51.4 Å². The highest BCUT2D eigenvalue weighted by molar-refractivity contribution is 5.75. The van der Waals surface area contributed by atoms with Crippen LogP contribution in [0.5, 0.6) is 0 Å². The second-order valence-electron chi connectivity index (χ2n) is 15.0. The summed E-state index contributed by atoms with van der Waals surface area (Å²) in [5, 5.41) is 107. The highest BCUT2D eigenvalue weighted by atomic mass is 16.7. The Morgan fingerprint density at radius 3 is 1.58 bits per heavy atom. The van der Waals surface area contributed by atoms with Crippen molar-refractivity contribution in [3.63, 3.8) is 0 Å². The lowest BCUT2D eigenvalue weighted by atomic mass is 9.81. The molecule has 342 valence electrons. The van der Waals surface area contributed by atoms with Gasteiger partial charge >= 0.3 is 0 Å². The fourth-order valence-corrected chi connectivity index (χ4v) is 6.94. The SMILES string of the molecule is CC/C=C\C/C=C\C/C=C\C/C=C\C/C=C\C/C=C\CCC(=O)NCCO[C@@H]1O[C@H](CO)[C@@H](O)[C@H](O[C@@H]2O[C@H](CO)[C@@H](O)[C@H](O[C@@H]3C[C@H](CO)[C@@H](O)[C@H](O)[C@H]3O)[C@H]2O)[C@H]1O. The van der Waals surface area contributed by atoms with E-state index in [1.807, 2.05) is 12.2 Å². The molecule has 15 atom stereocenters. The summed E-state index contributed by atoms with van der Waals surface area (Å²) >= 11 is 0. The van der Waals surface area contributed by atoms with E-state index in [0.717, 1.165) is 38.5 Å². The van der Waals surface area contributed by atoms with E-state index >= 15 is 0 Å². The van der Waals surface area contributed by atoms with Gasteiger partial charge in [0.15, 0.2) is 12.6 Å². The second-order valence-corrected chi connectivity index (χ2v) is 15.0. The lowest BCUT2D eigenvalue weighted by Gasteiger charge is -2.48. The van der Waals surface area contributed by atoms with E-state index in [-0.39, 0.29) is 31.9 Å². The summed E-state index contributed by atoms with van der Waals surface area (Å²) in [7, 11) is 0. The zero-order valence-electron chi connectivity index (χ0n) is 34.4. The first kappa shape index (κ1) is 51.7. The van der Waals surface area contributed by atoms with Crippen LogP contribution in [0.3, 0.4) is 0 Å². The molecule has 2 heterocycles. The van der Waals surface area contributed by atoms with E-state index in [4.69, 9.17) is 23.7 Å². The molecule has 0 aromatic rings. The zero-order valence-corrected chi connectivity index (χ0v) is 34.4. The highest BCUT2D eigenvalue weighted by Crippen LogP contribution is 2.34. The quantitative estimate of drug-likeness (QED) is 0.0416. The summed E-state index contributed by atoms with van der Waals surface area (Å²) in [6.45, 7) is -0.0395. The van der Waals surface area contributed by atoms with Gasteiger partial charge in [-0.15, -0.1) is 0 Å². The Kier molecular flexibility index (Phi) is 24.8. The summed E-state index contributed by atoms with van der Waals surface area (Å²) in [6.07, 6.45) is 9.03. The Balaban J connectivity index is 1.40. The Hall–Kier alpha value is -2.69. The molecule has 0 bridgehead atoms. The third-order valence-electron chi connectivity index (χ3n) is 10.4. The largest absolute Gasteiger partial charge is 0.396 e. The first-order valence-corrected chi connectivity index (χ1v) is 21.0. The van der Waals surface area contributed by atoms with Crippen molar-refractivity contribution >= 4 is 5.91 Å². The summed E-state index contributed by atoms with van der Waals surface area (Å²) < 4.78 is 28.3. The van der Waals surface area contributed by atoms with Crippen molar-refractivity contribution in [3.05, 3.63) is 72.9 Å². The number of carbonyl (C=O) groups is 1. The van der Waals surface area contributed by atoms with Crippen LogP contribution < -0.4 is 5.32 Å². The van der Waals surface area contributed by atoms with E-state index in [1.54, 1.807) is 0 Å². The van der Waals surface area contributed by atoms with E-state index in [2.05, 4.69) is 73.0 Å². The van der Waals surface area contributed by atoms with Gasteiger partial charge in [0.25, 0.3) is 0 Å². The molecule has 1 saturated carbocycles. The number of ether oxygens (including phenoxy) is 5. The average molecular weight is 856 g/mol. The first-order chi connectivity index (χ1) is 29.0. The number of nitrogens with one attached hydrogen (secondary N) is 1. The average Bonchev–Trinajstić information content (AvgIpc) is 3.24. The molecule has 3 aliphatic rings. The van der Waals surface area contributed by atoms with E-state index in [0.29, 0.717) is 6.42 Å². The topological polar surface area (TPSA) is 278 Å². The number of carbonyl (C=O) groups excluding carboxylic acids is 1. The number of aliphatic hydroxyl groups excluding tert-OH is 10. The minimum absolute atomic E-state index is 0.0441. The van der Waals surface area contributed by atoms with Gasteiger partial charge in [0.1, 0.15) is 61.0 Å². The van der Waals surface area contributed by atoms with Crippen molar-refractivity contribution in [1.29, 1.82) is 0 Å². The monoisotopic (exact) mass is 855 g/mol. The minimum atomic E-state index is -1.87. The lowest BCUT2D eigenvalue weighted by molar-refractivity contribution is -0.366. The maximum atomic E-state index is 12.4. The standard InChI is InChI=1S/C43H69NO16/c1-2-3-4-5-6-7-8-9-10-11-12-13-14-15-16-17-18-19-20-21-32(48)44-22-23-56-42-38(54)41(36(52)30(26-46)58-42)60-43-39(55)40(35(51)31(27-47)59-43)57-29-24-28(25-45)33(49)37(53)34(29)50/h3-4,6-7,9-10,12-13,15-16,18-19,28-31,33-43,45-47,49-55H,2,5,8,11,14,17,20-27H2,1H3,(H,44,48)/b4-3-,7-6-,10-9-,13-12-,16-15-,19-18-/t28-,29-,30-,31-,33-,34+,35-,36-,37+,38-,39-,40+,41+,42-,43+/m1/s1. The van der Waals surface area contributed by atoms with Crippen molar-refractivity contribution < 1.29 is 79.5 Å². The van der Waals surface area contributed by atoms with Crippen LogP contribution in [0.4, 0.5) is 0 Å². The molecule has 17 heteroatoms. The van der Waals surface area contributed by atoms with Crippen LogP contribution in [0, 0.1) is 5.92 Å². The van der Waals surface area contributed by atoms with Gasteiger partial charge in [-0.2, -0.15) is 0 Å². The summed E-state index contributed by atoms with van der Waals surface area (Å²) in [5.41, 5.74) is 0. The lowest BCUT2D eigenvalue weighted by Crippen LogP contribution is -2.66. The van der Waals surface area contributed by atoms with Crippen molar-refractivity contribution in [2.75, 3.05) is 33.0 Å². The van der Waals surface area contributed by atoms with Gasteiger partial charge in [-0.1, -0.05) is 79.8 Å². The van der Waals surface area contributed by atoms with Crippen molar-refractivity contribution in [2.45, 2.75) is 151 Å². The maximum absolute atomic E-state index is 12.4. The number of hydrogen-bond acceptors (Lipinski definition) is 16. The molecule has 2 saturated heterocycles. The molecule has 2 aliphatic heterocycles. The fourth-order valence-electron chi connectivity index (χ4n) is 6.94. The van der Waals surface area contributed by atoms with Gasteiger partial charge in [0.05, 0.1) is 32.0 Å². The predicted octanol–water partition coefficient (Wildman–Crippen LogP) is -0.291. The third kappa shape index (κ3) is 16.5. The molecule has 0 spiro atoms. The maximum Gasteiger partial charge on any atom is 0.220 e. The molecule has 0 aromatic carbocycles. The van der Waals surface area contributed by atoms with Crippen LogP contribution in [-0.2, 0) is 28.5 Å². The Bertz CT molecular complexity index is 1370. The molecule has 1 aliphatic carbocycles. The molecule has 1 amide bonds. The highest BCUT2D eigenvalue weighted by Gasteiger charge is 2.53. The van der Waals surface area contributed by atoms with E-state index in [1.165, 1.54) is 0 Å². The Morgan fingerprint density at radius 2 is 1.07 bits per heavy atom. The Labute approximate surface area is 352 Å². The molecule has 0 radical (unpaired) electrons. The fraction of sp³-hybridized carbons (Fsp3) is 0.698. The normalized spacial score (nSPS) is 35.6. The third-order valence-corrected chi connectivity index (χ3v) is 10.4. The molecular weight excluding hydrogens is 786 g/mol. The number of allylic oxidation sites excluding steroid dienone is 12. The molecular formula is C43H69NO16. The first-order valence-electron chi connectivity index (χ1n) is 21.0. The van der Waals surface area contributed by atoms with Gasteiger partial charge in [0.2, 0.25) is 5.91 Å². The molecule has 60 heavy (non-hydrogen) atoms. The number of rotatable bonds is 25. The van der Waals surface area contributed by atoms with Crippen molar-refractivity contribution in [1.82, 2.24) is 5.32 Å². The van der Waals surface area contributed by atoms with E-state index in [9.17, 15) is 55.9 Å². The minimum Gasteiger partial charge on any atom is -0.396 e. The summed E-state index contributed by atoms with van der Waals surface area (Å²) in [6, 6.07) is 0. The number of hydrogen-bond donors (Lipinski definition) is 11. The summed E-state index contributed by atoms with van der Waals surface area (Å²) in [4.78, 5) is 12.4. The van der Waals surface area contributed by atoms with E-state index < -0.39 is 112 Å². The number of amides is 1. The predicted molar refractivity (Wildman–Crippen MR) is 219 cm³/mol. The van der Waals surface area contributed by atoms with Crippen LogP contribution in [0.2, 0.25) is 0 Å². The Morgan fingerprint density at radius 1 is 0.583 bits per heavy atom. The van der Waals surface area contributed by atoms with Crippen LogP contribution in [0.1, 0.15) is 64.7 Å². The van der Waals surface area contributed by atoms with Gasteiger partial charge in [-0.3, -0.25) is 4.79 Å². The molecule has 11 N–H and O–H groups in total. The number of aliphatic hydroxyl groups is 10. The second kappa shape index (κ2) is 28.8. The van der Waals surface area contributed by atoms with Crippen LogP contribution in [-0.4, -0.2) is 176 Å². The summed E-state index contributed by atoms with van der Waals surface area (Å²) in [5.74, 6) is -1.13. The molecule has 0 unspecified atom stereocenters.